The molecule has 1 aliphatic rings. The molecular formula is C18H17FN4OS. The number of thiophene rings is 1. The predicted molar refractivity (Wildman–Crippen MR) is 96.0 cm³/mol. The van der Waals surface area contributed by atoms with Gasteiger partial charge in [-0.1, -0.05) is 12.1 Å². The molecule has 0 saturated carbocycles. The molecule has 2 aromatic heterocycles. The molecule has 128 valence electrons. The maximum absolute atomic E-state index is 13.0. The Balaban J connectivity index is 1.60. The number of benzene rings is 1. The molecule has 25 heavy (non-hydrogen) atoms. The lowest BCUT2D eigenvalue weighted by Gasteiger charge is -2.11. The maximum Gasteiger partial charge on any atom is 0.251 e. The molecule has 7 heteroatoms. The Kier molecular flexibility index (Phi) is 3.80. The molecule has 1 aliphatic carbocycles. The van der Waals surface area contributed by atoms with E-state index in [0.29, 0.717) is 17.1 Å². The third kappa shape index (κ3) is 2.80. The number of anilines is 1. The van der Waals surface area contributed by atoms with Crippen LogP contribution in [0, 0.1) is 5.82 Å². The van der Waals surface area contributed by atoms with Gasteiger partial charge in [0, 0.05) is 23.2 Å². The quantitative estimate of drug-likeness (QED) is 0.753. The molecule has 0 radical (unpaired) electrons. The molecule has 4 rings (SSSR count). The van der Waals surface area contributed by atoms with Gasteiger partial charge in [-0.3, -0.25) is 9.48 Å². The van der Waals surface area contributed by atoms with Crippen LogP contribution in [0.15, 0.2) is 30.5 Å². The third-order valence-corrected chi connectivity index (χ3v) is 5.61. The number of rotatable bonds is 4. The number of carbonyl (C=O) groups excluding carboxylic acids is 1. The van der Waals surface area contributed by atoms with Crippen LogP contribution in [0.1, 0.15) is 27.2 Å². The molecule has 0 fully saturated rings. The summed E-state index contributed by atoms with van der Waals surface area (Å²) in [5.41, 5.74) is 16.0. The Bertz CT molecular complexity index is 958. The first-order chi connectivity index (χ1) is 12.0. The monoisotopic (exact) mass is 356 g/mol. The van der Waals surface area contributed by atoms with Gasteiger partial charge in [-0.05, 0) is 42.5 Å². The van der Waals surface area contributed by atoms with Gasteiger partial charge in [-0.25, -0.2) is 4.39 Å². The standard InChI is InChI=1S/C18H17FN4OS/c19-11-3-1-10(2-4-11)7-8-23-9-13-14(22-23)6-5-12-15(17(20)24)18(21)25-16(12)13/h1-4,9H,5-8,21H2,(H2,20,24). The van der Waals surface area contributed by atoms with E-state index >= 15 is 0 Å². The van der Waals surface area contributed by atoms with E-state index in [-0.39, 0.29) is 5.82 Å². The molecule has 0 unspecified atom stereocenters. The van der Waals surface area contributed by atoms with E-state index in [9.17, 15) is 9.18 Å². The lowest BCUT2D eigenvalue weighted by atomic mass is 9.94. The maximum atomic E-state index is 13.0. The van der Waals surface area contributed by atoms with Crippen molar-refractivity contribution in [1.82, 2.24) is 9.78 Å². The van der Waals surface area contributed by atoms with E-state index < -0.39 is 5.91 Å². The minimum atomic E-state index is -0.470. The van der Waals surface area contributed by atoms with E-state index in [1.54, 1.807) is 12.1 Å². The van der Waals surface area contributed by atoms with Crippen LogP contribution in [-0.2, 0) is 25.8 Å². The highest BCUT2D eigenvalue weighted by Crippen LogP contribution is 2.43. The van der Waals surface area contributed by atoms with Crippen molar-refractivity contribution in [2.24, 2.45) is 5.73 Å². The lowest BCUT2D eigenvalue weighted by Crippen LogP contribution is -2.15. The first kappa shape index (κ1) is 15.8. The first-order valence-electron chi connectivity index (χ1n) is 8.05. The van der Waals surface area contributed by atoms with Crippen molar-refractivity contribution in [2.45, 2.75) is 25.8 Å². The molecule has 0 atom stereocenters. The second-order valence-electron chi connectivity index (χ2n) is 6.14. The van der Waals surface area contributed by atoms with Crippen LogP contribution in [0.5, 0.6) is 0 Å². The molecule has 0 bridgehead atoms. The van der Waals surface area contributed by atoms with Crippen LogP contribution in [0.3, 0.4) is 0 Å². The second-order valence-corrected chi connectivity index (χ2v) is 7.19. The Morgan fingerprint density at radius 3 is 2.76 bits per heavy atom. The molecule has 4 N–H and O–H groups in total. The van der Waals surface area contributed by atoms with Crippen LogP contribution in [0.2, 0.25) is 0 Å². The molecule has 0 spiro atoms. The summed E-state index contributed by atoms with van der Waals surface area (Å²) in [5, 5.41) is 5.13. The van der Waals surface area contributed by atoms with Crippen LogP contribution >= 0.6 is 11.3 Å². The summed E-state index contributed by atoms with van der Waals surface area (Å²) < 4.78 is 14.9. The van der Waals surface area contributed by atoms with E-state index in [1.165, 1.54) is 23.5 Å². The summed E-state index contributed by atoms with van der Waals surface area (Å²) in [5.74, 6) is -0.700. The summed E-state index contributed by atoms with van der Waals surface area (Å²) >= 11 is 1.40. The van der Waals surface area contributed by atoms with Crippen LogP contribution in [0.4, 0.5) is 9.39 Å². The van der Waals surface area contributed by atoms with Gasteiger partial charge in [0.25, 0.3) is 5.91 Å². The van der Waals surface area contributed by atoms with Gasteiger partial charge in [-0.15, -0.1) is 11.3 Å². The minimum absolute atomic E-state index is 0.230. The summed E-state index contributed by atoms with van der Waals surface area (Å²) in [4.78, 5) is 12.7. The number of amides is 1. The second kappa shape index (κ2) is 6.00. The lowest BCUT2D eigenvalue weighted by molar-refractivity contribution is 0.100. The average molecular weight is 356 g/mol. The molecule has 0 aliphatic heterocycles. The van der Waals surface area contributed by atoms with E-state index in [1.807, 2.05) is 10.9 Å². The number of nitrogens with zero attached hydrogens (tertiary/aromatic N) is 2. The highest BCUT2D eigenvalue weighted by molar-refractivity contribution is 7.20. The van der Waals surface area contributed by atoms with Crippen molar-refractivity contribution < 1.29 is 9.18 Å². The van der Waals surface area contributed by atoms with Gasteiger partial charge < -0.3 is 11.5 Å². The molecule has 5 nitrogen and oxygen atoms in total. The van der Waals surface area contributed by atoms with Crippen molar-refractivity contribution in [3.63, 3.8) is 0 Å². The van der Waals surface area contributed by atoms with Crippen molar-refractivity contribution in [3.8, 4) is 10.4 Å². The number of nitrogens with two attached hydrogens (primary N) is 2. The molecule has 2 heterocycles. The van der Waals surface area contributed by atoms with Crippen molar-refractivity contribution in [2.75, 3.05) is 5.73 Å². The number of aryl methyl sites for hydroxylation is 3. The summed E-state index contributed by atoms with van der Waals surface area (Å²) in [6.07, 6.45) is 4.26. The Hall–Kier alpha value is -2.67. The zero-order valence-electron chi connectivity index (χ0n) is 13.5. The van der Waals surface area contributed by atoms with Gasteiger partial charge in [0.2, 0.25) is 0 Å². The number of primary amides is 1. The third-order valence-electron chi connectivity index (χ3n) is 4.52. The number of nitrogen functional groups attached to an aromatic ring is 1. The fourth-order valence-electron chi connectivity index (χ4n) is 3.30. The normalized spacial score (nSPS) is 12.7. The Morgan fingerprint density at radius 1 is 1.28 bits per heavy atom. The average Bonchev–Trinajstić information content (AvgIpc) is 3.13. The number of carbonyl (C=O) groups is 1. The van der Waals surface area contributed by atoms with Gasteiger partial charge in [0.05, 0.1) is 16.3 Å². The summed E-state index contributed by atoms with van der Waals surface area (Å²) in [6.45, 7) is 0.706. The Labute approximate surface area is 148 Å². The highest BCUT2D eigenvalue weighted by atomic mass is 32.1. The predicted octanol–water partition coefficient (Wildman–Crippen LogP) is 2.77. The SMILES string of the molecule is NC(=O)c1c(N)sc2c1CCc1nn(CCc3ccc(F)cc3)cc1-2. The van der Waals surface area contributed by atoms with Gasteiger partial charge in [0.15, 0.2) is 0 Å². The molecule has 3 aromatic rings. The fraction of sp³-hybridized carbons (Fsp3) is 0.222. The Morgan fingerprint density at radius 2 is 2.04 bits per heavy atom. The molecule has 1 aromatic carbocycles. The zero-order valence-corrected chi connectivity index (χ0v) is 14.3. The fourth-order valence-corrected chi connectivity index (χ4v) is 4.45. The van der Waals surface area contributed by atoms with Crippen molar-refractivity contribution in [1.29, 1.82) is 0 Å². The van der Waals surface area contributed by atoms with Crippen molar-refractivity contribution in [3.05, 3.63) is 58.7 Å². The smallest absolute Gasteiger partial charge is 0.251 e. The van der Waals surface area contributed by atoms with Gasteiger partial charge >= 0.3 is 0 Å². The van der Waals surface area contributed by atoms with Crippen LogP contribution < -0.4 is 11.5 Å². The topological polar surface area (TPSA) is 86.9 Å². The highest BCUT2D eigenvalue weighted by Gasteiger charge is 2.28. The minimum Gasteiger partial charge on any atom is -0.390 e. The molecule has 0 saturated heterocycles. The number of halogens is 1. The number of hydrogen-bond acceptors (Lipinski definition) is 4. The van der Waals surface area contributed by atoms with Crippen LogP contribution in [-0.4, -0.2) is 15.7 Å². The first-order valence-corrected chi connectivity index (χ1v) is 8.86. The molecule has 1 amide bonds. The summed E-state index contributed by atoms with van der Waals surface area (Å²) in [6, 6.07) is 6.51. The number of hydrogen-bond donors (Lipinski definition) is 2. The van der Waals surface area contributed by atoms with E-state index in [2.05, 4.69) is 5.10 Å². The van der Waals surface area contributed by atoms with E-state index in [4.69, 9.17) is 11.5 Å². The number of fused-ring (bicyclic) bond motifs is 3. The van der Waals surface area contributed by atoms with E-state index in [0.717, 1.165) is 46.5 Å². The largest absolute Gasteiger partial charge is 0.390 e. The summed E-state index contributed by atoms with van der Waals surface area (Å²) in [7, 11) is 0. The van der Waals surface area contributed by atoms with Crippen LogP contribution in [0.25, 0.3) is 10.4 Å². The number of aromatic nitrogens is 2. The zero-order chi connectivity index (χ0) is 17.6. The van der Waals surface area contributed by atoms with Crippen molar-refractivity contribution >= 4 is 22.2 Å². The van der Waals surface area contributed by atoms with Gasteiger partial charge in [0.1, 0.15) is 5.82 Å². The van der Waals surface area contributed by atoms with Gasteiger partial charge in [-0.2, -0.15) is 5.10 Å². The molecular weight excluding hydrogens is 339 g/mol.